The maximum absolute atomic E-state index is 11.5. The van der Waals surface area contributed by atoms with Crippen LogP contribution in [-0.2, 0) is 4.74 Å². The van der Waals surface area contributed by atoms with Crippen LogP contribution in [0.2, 0.25) is 0 Å². The highest BCUT2D eigenvalue weighted by molar-refractivity contribution is 9.10. The Morgan fingerprint density at radius 3 is 2.60 bits per heavy atom. The summed E-state index contributed by atoms with van der Waals surface area (Å²) in [6, 6.07) is 0. The molecule has 1 aromatic heterocycles. The lowest BCUT2D eigenvalue weighted by molar-refractivity contribution is 0.0531. The van der Waals surface area contributed by atoms with Crippen LogP contribution in [0.25, 0.3) is 0 Å². The van der Waals surface area contributed by atoms with Gasteiger partial charge in [0.25, 0.3) is 0 Å². The Labute approximate surface area is 99.8 Å². The van der Waals surface area contributed by atoms with Gasteiger partial charge in [0.15, 0.2) is 0 Å². The second-order valence-electron chi connectivity index (χ2n) is 2.44. The molecule has 6 heteroatoms. The molecule has 0 saturated heterocycles. The lowest BCUT2D eigenvalue weighted by Crippen LogP contribution is -2.02. The molecule has 0 aliphatic heterocycles. The van der Waals surface area contributed by atoms with Crippen molar-refractivity contribution in [2.24, 2.45) is 9.98 Å². The zero-order chi connectivity index (χ0) is 11.4. The van der Waals surface area contributed by atoms with Crippen molar-refractivity contribution in [3.8, 4) is 0 Å². The van der Waals surface area contributed by atoms with E-state index in [1.54, 1.807) is 6.92 Å². The minimum absolute atomic E-state index is 0.330. The molecule has 0 spiro atoms. The van der Waals surface area contributed by atoms with Crippen molar-refractivity contribution in [1.82, 2.24) is 0 Å². The Morgan fingerprint density at radius 2 is 2.20 bits per heavy atom. The van der Waals surface area contributed by atoms with Gasteiger partial charge in [-0.15, -0.1) is 11.3 Å². The van der Waals surface area contributed by atoms with Crippen LogP contribution in [0.5, 0.6) is 0 Å². The fraction of sp³-hybridized carbons (Fsp3) is 0.222. The van der Waals surface area contributed by atoms with Crippen molar-refractivity contribution in [2.45, 2.75) is 6.92 Å². The van der Waals surface area contributed by atoms with Gasteiger partial charge in [0.2, 0.25) is 0 Å². The minimum atomic E-state index is -0.394. The van der Waals surface area contributed by atoms with Crippen molar-refractivity contribution >= 4 is 57.4 Å². The number of rotatable bonds is 4. The van der Waals surface area contributed by atoms with Crippen molar-refractivity contribution in [3.05, 3.63) is 9.35 Å². The fourth-order valence-corrected chi connectivity index (χ4v) is 2.66. The first-order valence-corrected chi connectivity index (χ1v) is 5.69. The molecule has 0 aliphatic carbocycles. The van der Waals surface area contributed by atoms with Crippen molar-refractivity contribution < 1.29 is 9.53 Å². The van der Waals surface area contributed by atoms with Gasteiger partial charge in [-0.25, -0.2) is 4.79 Å². The summed E-state index contributed by atoms with van der Waals surface area (Å²) in [5.41, 5.74) is 0.526. The smallest absolute Gasteiger partial charge is 0.349 e. The molecule has 0 bridgehead atoms. The zero-order valence-corrected chi connectivity index (χ0v) is 10.5. The number of thiophene rings is 1. The second-order valence-corrected chi connectivity index (χ2v) is 4.23. The number of nitrogens with zero attached hydrogens (tertiary/aromatic N) is 2. The molecule has 0 saturated carbocycles. The Morgan fingerprint density at radius 1 is 1.53 bits per heavy atom. The van der Waals surface area contributed by atoms with Gasteiger partial charge in [0, 0.05) is 0 Å². The molecule has 0 aliphatic rings. The van der Waals surface area contributed by atoms with E-state index in [4.69, 9.17) is 4.74 Å². The molecule has 0 unspecified atom stereocenters. The average molecular weight is 289 g/mol. The molecular formula is C9H9BrN2O2S. The number of hydrogen-bond donors (Lipinski definition) is 0. The first-order valence-electron chi connectivity index (χ1n) is 4.08. The number of halogens is 1. The van der Waals surface area contributed by atoms with Gasteiger partial charge in [-0.2, -0.15) is 0 Å². The normalized spacial score (nSPS) is 9.73. The zero-order valence-electron chi connectivity index (χ0n) is 8.12. The molecule has 4 nitrogen and oxygen atoms in total. The first-order chi connectivity index (χ1) is 7.15. The van der Waals surface area contributed by atoms with Crippen LogP contribution in [0.1, 0.15) is 16.6 Å². The SMILES string of the molecule is C=Nc1sc(C(=O)OCC)c(Br)c1N=C. The number of ether oxygens (including phenoxy) is 1. The number of carbonyl (C=O) groups is 1. The maximum Gasteiger partial charge on any atom is 0.349 e. The molecule has 0 N–H and O–H groups in total. The van der Waals surface area contributed by atoms with Gasteiger partial charge in [-0.05, 0) is 36.3 Å². The van der Waals surface area contributed by atoms with E-state index >= 15 is 0 Å². The van der Waals surface area contributed by atoms with Crippen molar-refractivity contribution in [2.75, 3.05) is 6.61 Å². The van der Waals surface area contributed by atoms with Gasteiger partial charge in [0.1, 0.15) is 15.6 Å². The number of aliphatic imine (C=N–C) groups is 2. The van der Waals surface area contributed by atoms with E-state index in [0.717, 1.165) is 0 Å². The third kappa shape index (κ3) is 2.32. The van der Waals surface area contributed by atoms with Gasteiger partial charge >= 0.3 is 5.97 Å². The molecule has 0 amide bonds. The Balaban J connectivity index is 3.20. The lowest BCUT2D eigenvalue weighted by Gasteiger charge is -1.98. The molecule has 0 fully saturated rings. The predicted octanol–water partition coefficient (Wildman–Crippen LogP) is 3.35. The van der Waals surface area contributed by atoms with Gasteiger partial charge in [0.05, 0.1) is 11.1 Å². The molecule has 1 aromatic rings. The van der Waals surface area contributed by atoms with Crippen LogP contribution >= 0.6 is 27.3 Å². The quantitative estimate of drug-likeness (QED) is 0.630. The standard InChI is InChI=1S/C9H9BrN2O2S/c1-4-14-9(13)7-5(10)6(11-2)8(12-3)15-7/h2-4H2,1H3. The number of esters is 1. The topological polar surface area (TPSA) is 51.0 Å². The Bertz CT molecular complexity index is 414. The van der Waals surface area contributed by atoms with E-state index in [9.17, 15) is 4.79 Å². The highest BCUT2D eigenvalue weighted by atomic mass is 79.9. The summed E-state index contributed by atoms with van der Waals surface area (Å²) in [6.45, 7) is 8.88. The van der Waals surface area contributed by atoms with E-state index in [1.165, 1.54) is 11.3 Å². The first kappa shape index (κ1) is 12.1. The van der Waals surface area contributed by atoms with Crippen molar-refractivity contribution in [3.63, 3.8) is 0 Å². The Kier molecular flexibility index (Phi) is 4.16. The summed E-state index contributed by atoms with van der Waals surface area (Å²) in [7, 11) is 0. The van der Waals surface area contributed by atoms with Crippen LogP contribution in [0.3, 0.4) is 0 Å². The van der Waals surface area contributed by atoms with Crippen LogP contribution in [-0.4, -0.2) is 26.0 Å². The molecule has 1 rings (SSSR count). The fourth-order valence-electron chi connectivity index (χ4n) is 0.963. The van der Waals surface area contributed by atoms with Gasteiger partial charge in [-0.1, -0.05) is 0 Å². The maximum atomic E-state index is 11.5. The van der Waals surface area contributed by atoms with Gasteiger partial charge < -0.3 is 4.74 Å². The average Bonchev–Trinajstić information content (AvgIpc) is 2.55. The van der Waals surface area contributed by atoms with E-state index in [1.807, 2.05) is 0 Å². The summed E-state index contributed by atoms with van der Waals surface area (Å²) in [4.78, 5) is 19.5. The third-order valence-corrected chi connectivity index (χ3v) is 3.70. The minimum Gasteiger partial charge on any atom is -0.462 e. The van der Waals surface area contributed by atoms with Gasteiger partial charge in [-0.3, -0.25) is 9.98 Å². The number of carbonyl (C=O) groups excluding carboxylic acids is 1. The van der Waals surface area contributed by atoms with Crippen LogP contribution in [0.4, 0.5) is 10.7 Å². The largest absolute Gasteiger partial charge is 0.462 e. The second kappa shape index (κ2) is 5.18. The summed E-state index contributed by atoms with van der Waals surface area (Å²) in [5.74, 6) is -0.394. The summed E-state index contributed by atoms with van der Waals surface area (Å²) < 4.78 is 5.44. The molecule has 80 valence electrons. The molecular weight excluding hydrogens is 280 g/mol. The van der Waals surface area contributed by atoms with Crippen LogP contribution in [0, 0.1) is 0 Å². The van der Waals surface area contributed by atoms with Crippen LogP contribution < -0.4 is 0 Å². The van der Waals surface area contributed by atoms with E-state index < -0.39 is 5.97 Å². The molecule has 0 atom stereocenters. The lowest BCUT2D eigenvalue weighted by atomic mass is 10.4. The highest BCUT2D eigenvalue weighted by Gasteiger charge is 2.21. The van der Waals surface area contributed by atoms with Crippen molar-refractivity contribution in [1.29, 1.82) is 0 Å². The molecule has 15 heavy (non-hydrogen) atoms. The molecule has 0 aromatic carbocycles. The highest BCUT2D eigenvalue weighted by Crippen LogP contribution is 2.45. The van der Waals surface area contributed by atoms with Crippen LogP contribution in [0.15, 0.2) is 14.5 Å². The molecule has 0 radical (unpaired) electrons. The summed E-state index contributed by atoms with van der Waals surface area (Å²) in [5, 5.41) is 0.555. The molecule has 1 heterocycles. The van der Waals surface area contributed by atoms with E-state index in [2.05, 4.69) is 39.3 Å². The third-order valence-electron chi connectivity index (χ3n) is 1.57. The Hall–Kier alpha value is -1.01. The monoisotopic (exact) mass is 288 g/mol. The summed E-state index contributed by atoms with van der Waals surface area (Å²) in [6.07, 6.45) is 0. The van der Waals surface area contributed by atoms with E-state index in [0.29, 0.717) is 26.6 Å². The van der Waals surface area contributed by atoms with E-state index in [-0.39, 0.29) is 0 Å². The summed E-state index contributed by atoms with van der Waals surface area (Å²) >= 11 is 4.44. The number of hydrogen-bond acceptors (Lipinski definition) is 5. The predicted molar refractivity (Wildman–Crippen MR) is 66.4 cm³/mol.